The monoisotopic (exact) mass is 311 g/mol. The Bertz CT molecular complexity index is 732. The number of epoxide rings is 1. The summed E-state index contributed by atoms with van der Waals surface area (Å²) < 4.78 is 7.20. The molecule has 120 valence electrons. The minimum absolute atomic E-state index is 0.00234. The highest BCUT2D eigenvalue weighted by Gasteiger charge is 2.39. The van der Waals surface area contributed by atoms with Crippen molar-refractivity contribution in [2.75, 3.05) is 13.2 Å². The Hall–Kier alpha value is -2.14. The van der Waals surface area contributed by atoms with Gasteiger partial charge >= 0.3 is 0 Å². The molecular weight excluding hydrogens is 290 g/mol. The van der Waals surface area contributed by atoms with Crippen LogP contribution in [0.25, 0.3) is 5.69 Å². The molecule has 2 aliphatic heterocycles. The van der Waals surface area contributed by atoms with Gasteiger partial charge in [0.25, 0.3) is 5.91 Å². The molecule has 2 aliphatic rings. The third-order valence-corrected chi connectivity index (χ3v) is 4.50. The first kappa shape index (κ1) is 14.5. The summed E-state index contributed by atoms with van der Waals surface area (Å²) in [6, 6.07) is 10.2. The predicted molar refractivity (Wildman–Crippen MR) is 86.2 cm³/mol. The Morgan fingerprint density at radius 3 is 2.74 bits per heavy atom. The molecule has 0 N–H and O–H groups in total. The van der Waals surface area contributed by atoms with Gasteiger partial charge < -0.3 is 9.64 Å². The third kappa shape index (κ3) is 2.77. The first-order valence-electron chi connectivity index (χ1n) is 8.05. The number of hydrogen-bond acceptors (Lipinski definition) is 3. The highest BCUT2D eigenvalue weighted by atomic mass is 16.6. The van der Waals surface area contributed by atoms with Crippen LogP contribution in [0.15, 0.2) is 36.5 Å². The zero-order valence-electron chi connectivity index (χ0n) is 13.5. The lowest BCUT2D eigenvalue weighted by atomic mass is 9.87. The summed E-state index contributed by atoms with van der Waals surface area (Å²) in [5.74, 6) is 0.110. The molecule has 1 saturated heterocycles. The zero-order valence-corrected chi connectivity index (χ0v) is 13.5. The Morgan fingerprint density at radius 1 is 1.30 bits per heavy atom. The maximum atomic E-state index is 12.5. The molecule has 0 radical (unpaired) electrons. The first-order valence-corrected chi connectivity index (χ1v) is 8.05. The molecule has 1 aromatic carbocycles. The molecular formula is C18H21N3O2. The molecule has 23 heavy (non-hydrogen) atoms. The van der Waals surface area contributed by atoms with Gasteiger partial charge in [-0.05, 0) is 24.0 Å². The number of nitrogens with zero attached hydrogens (tertiary/aromatic N) is 3. The van der Waals surface area contributed by atoms with Gasteiger partial charge in [-0.3, -0.25) is 4.79 Å². The van der Waals surface area contributed by atoms with Gasteiger partial charge in [0, 0.05) is 24.3 Å². The van der Waals surface area contributed by atoms with Gasteiger partial charge in [0.2, 0.25) is 0 Å². The van der Waals surface area contributed by atoms with Crippen molar-refractivity contribution in [3.63, 3.8) is 0 Å². The quantitative estimate of drug-likeness (QED) is 0.799. The number of hydrogen-bond donors (Lipinski definition) is 0. The summed E-state index contributed by atoms with van der Waals surface area (Å²) in [5.41, 5.74) is 3.40. The normalized spacial score (nSPS) is 22.3. The Morgan fingerprint density at radius 2 is 2.04 bits per heavy atom. The van der Waals surface area contributed by atoms with Crippen molar-refractivity contribution >= 4 is 5.91 Å². The number of aromatic nitrogens is 2. The van der Waals surface area contributed by atoms with Gasteiger partial charge in [0.05, 0.1) is 18.5 Å². The molecule has 1 aromatic heterocycles. The maximum absolute atomic E-state index is 12.5. The smallest absolute Gasteiger partial charge is 0.254 e. The zero-order chi connectivity index (χ0) is 16.0. The number of fused-ring (bicyclic) bond motifs is 1. The summed E-state index contributed by atoms with van der Waals surface area (Å²) in [5, 5.41) is 4.58. The minimum Gasteiger partial charge on any atom is -0.363 e. The maximum Gasteiger partial charge on any atom is 0.254 e. The first-order chi connectivity index (χ1) is 11.0. The van der Waals surface area contributed by atoms with Gasteiger partial charge in [0.15, 0.2) is 6.10 Å². The van der Waals surface area contributed by atoms with E-state index in [4.69, 9.17) is 4.74 Å². The summed E-state index contributed by atoms with van der Waals surface area (Å²) in [7, 11) is 0. The number of amides is 1. The number of para-hydroxylation sites is 1. The van der Waals surface area contributed by atoms with Crippen LogP contribution in [0.5, 0.6) is 0 Å². The SMILES string of the molecule is CC1(C)Cc2c(cnn2-c2ccccc2)CN(C(=O)C2CO2)C1. The number of benzene rings is 1. The van der Waals surface area contributed by atoms with Crippen molar-refractivity contribution < 1.29 is 9.53 Å². The van der Waals surface area contributed by atoms with Gasteiger partial charge in [-0.25, -0.2) is 4.68 Å². The molecule has 1 amide bonds. The van der Waals surface area contributed by atoms with Crippen LogP contribution in [0, 0.1) is 5.41 Å². The molecule has 1 unspecified atom stereocenters. The molecule has 0 bridgehead atoms. The molecule has 2 aromatic rings. The summed E-state index contributed by atoms with van der Waals surface area (Å²) in [6.45, 7) is 6.34. The van der Waals surface area contributed by atoms with Crippen molar-refractivity contribution in [3.8, 4) is 5.69 Å². The fourth-order valence-corrected chi connectivity index (χ4v) is 3.36. The fraction of sp³-hybridized carbons (Fsp3) is 0.444. The fourth-order valence-electron chi connectivity index (χ4n) is 3.36. The summed E-state index contributed by atoms with van der Waals surface area (Å²) in [6.07, 6.45) is 2.57. The van der Waals surface area contributed by atoms with Crippen molar-refractivity contribution in [3.05, 3.63) is 47.8 Å². The van der Waals surface area contributed by atoms with Crippen LogP contribution in [-0.4, -0.2) is 39.8 Å². The molecule has 0 spiro atoms. The van der Waals surface area contributed by atoms with Crippen LogP contribution in [-0.2, 0) is 22.5 Å². The lowest BCUT2D eigenvalue weighted by Crippen LogP contribution is -2.39. The molecule has 4 rings (SSSR count). The number of carbonyl (C=O) groups is 1. The molecule has 0 saturated carbocycles. The molecule has 1 atom stereocenters. The van der Waals surface area contributed by atoms with Gasteiger partial charge in [-0.1, -0.05) is 32.0 Å². The van der Waals surface area contributed by atoms with E-state index in [-0.39, 0.29) is 17.4 Å². The van der Waals surface area contributed by atoms with E-state index in [9.17, 15) is 4.79 Å². The van der Waals surface area contributed by atoms with E-state index >= 15 is 0 Å². The molecule has 1 fully saturated rings. The Balaban J connectivity index is 1.72. The number of rotatable bonds is 2. The van der Waals surface area contributed by atoms with E-state index in [0.717, 1.165) is 24.2 Å². The molecule has 3 heterocycles. The van der Waals surface area contributed by atoms with E-state index in [1.165, 1.54) is 5.69 Å². The summed E-state index contributed by atoms with van der Waals surface area (Å²) in [4.78, 5) is 14.4. The number of ether oxygens (including phenoxy) is 1. The topological polar surface area (TPSA) is 50.7 Å². The Kier molecular flexibility index (Phi) is 3.27. The number of carbonyl (C=O) groups excluding carboxylic acids is 1. The second-order valence-electron chi connectivity index (χ2n) is 7.22. The van der Waals surface area contributed by atoms with E-state index in [1.807, 2.05) is 34.0 Å². The average Bonchev–Trinajstić information content (AvgIpc) is 3.32. The predicted octanol–water partition coefficient (Wildman–Crippen LogP) is 2.18. The highest BCUT2D eigenvalue weighted by molar-refractivity contribution is 5.83. The van der Waals surface area contributed by atoms with Crippen molar-refractivity contribution in [2.24, 2.45) is 5.41 Å². The van der Waals surface area contributed by atoms with Crippen LogP contribution >= 0.6 is 0 Å². The lowest BCUT2D eigenvalue weighted by molar-refractivity contribution is -0.134. The molecule has 0 aliphatic carbocycles. The van der Waals surface area contributed by atoms with E-state index in [2.05, 4.69) is 31.1 Å². The van der Waals surface area contributed by atoms with Gasteiger partial charge in [0.1, 0.15) is 0 Å². The van der Waals surface area contributed by atoms with Crippen molar-refractivity contribution in [2.45, 2.75) is 32.9 Å². The second-order valence-corrected chi connectivity index (χ2v) is 7.22. The summed E-state index contributed by atoms with van der Waals surface area (Å²) >= 11 is 0. The highest BCUT2D eigenvalue weighted by Crippen LogP contribution is 2.32. The van der Waals surface area contributed by atoms with Crippen LogP contribution in [0.2, 0.25) is 0 Å². The third-order valence-electron chi connectivity index (χ3n) is 4.50. The lowest BCUT2D eigenvalue weighted by Gasteiger charge is -2.29. The minimum atomic E-state index is -0.225. The largest absolute Gasteiger partial charge is 0.363 e. The van der Waals surface area contributed by atoms with Crippen LogP contribution in [0.1, 0.15) is 25.1 Å². The average molecular weight is 311 g/mol. The van der Waals surface area contributed by atoms with Crippen molar-refractivity contribution in [1.82, 2.24) is 14.7 Å². The van der Waals surface area contributed by atoms with Crippen LogP contribution in [0.4, 0.5) is 0 Å². The van der Waals surface area contributed by atoms with E-state index < -0.39 is 0 Å². The standard InChI is InChI=1S/C18H21N3O2/c1-18(2)8-15-13(10-20(12-18)17(22)16-11-23-16)9-19-21(15)14-6-4-3-5-7-14/h3-7,9,16H,8,10-12H2,1-2H3. The van der Waals surface area contributed by atoms with E-state index in [1.54, 1.807) is 0 Å². The van der Waals surface area contributed by atoms with Crippen LogP contribution in [0.3, 0.4) is 0 Å². The Labute approximate surface area is 135 Å². The van der Waals surface area contributed by atoms with E-state index in [0.29, 0.717) is 13.2 Å². The second kappa shape index (κ2) is 5.20. The van der Waals surface area contributed by atoms with Crippen molar-refractivity contribution in [1.29, 1.82) is 0 Å². The van der Waals surface area contributed by atoms with Gasteiger partial charge in [-0.15, -0.1) is 0 Å². The van der Waals surface area contributed by atoms with Gasteiger partial charge in [-0.2, -0.15) is 5.10 Å². The molecule has 5 heteroatoms. The molecule has 5 nitrogen and oxygen atoms in total. The van der Waals surface area contributed by atoms with Crippen LogP contribution < -0.4 is 0 Å².